The van der Waals surface area contributed by atoms with E-state index < -0.39 is 0 Å². The maximum atomic E-state index is 9.48. The number of fused-ring (bicyclic) bond motifs is 5. The van der Waals surface area contributed by atoms with Gasteiger partial charge in [0.1, 0.15) is 0 Å². The zero-order valence-corrected chi connectivity index (χ0v) is 12.8. The second kappa shape index (κ2) is 4.62. The van der Waals surface area contributed by atoms with Gasteiger partial charge >= 0.3 is 0 Å². The molecule has 0 saturated heterocycles. The molecule has 0 N–H and O–H groups in total. The highest BCUT2D eigenvalue weighted by atomic mass is 14.6. The second-order valence-electron chi connectivity index (χ2n) is 8.11. The van der Waals surface area contributed by atoms with Gasteiger partial charge in [-0.25, -0.2) is 0 Å². The summed E-state index contributed by atoms with van der Waals surface area (Å²) in [5.41, 5.74) is 2.15. The summed E-state index contributed by atoms with van der Waals surface area (Å²) in [6, 6.07) is 2.63. The fourth-order valence-corrected chi connectivity index (χ4v) is 6.33. The molecule has 0 radical (unpaired) electrons. The lowest BCUT2D eigenvalue weighted by Crippen LogP contribution is -2.42. The van der Waals surface area contributed by atoms with Crippen molar-refractivity contribution in [2.45, 2.75) is 64.7 Å². The molecule has 0 aromatic carbocycles. The molecule has 1 heteroatoms. The molecule has 4 aliphatic carbocycles. The van der Waals surface area contributed by atoms with Crippen molar-refractivity contribution in [1.29, 1.82) is 5.26 Å². The summed E-state index contributed by atoms with van der Waals surface area (Å²) in [6.07, 6.45) is 15.0. The normalized spacial score (nSPS) is 50.4. The third-order valence-corrected chi connectivity index (χ3v) is 7.44. The number of hydrogen-bond donors (Lipinski definition) is 0. The van der Waals surface area contributed by atoms with Crippen molar-refractivity contribution in [3.05, 3.63) is 11.6 Å². The van der Waals surface area contributed by atoms with Crippen molar-refractivity contribution in [1.82, 2.24) is 0 Å². The highest BCUT2D eigenvalue weighted by Crippen LogP contribution is 2.61. The van der Waals surface area contributed by atoms with Gasteiger partial charge in [-0.05, 0) is 74.0 Å². The SMILES string of the molecule is C[C@]12CC=C3[C@H]4CCCCC4CC[C@H]3[C@@H]1CC[C@H]2C#N. The van der Waals surface area contributed by atoms with E-state index in [1.165, 1.54) is 51.4 Å². The summed E-state index contributed by atoms with van der Waals surface area (Å²) in [6.45, 7) is 2.42. The molecular weight excluding hydrogens is 242 g/mol. The zero-order valence-electron chi connectivity index (χ0n) is 12.8. The van der Waals surface area contributed by atoms with Gasteiger partial charge in [0.15, 0.2) is 0 Å². The van der Waals surface area contributed by atoms with Crippen molar-refractivity contribution in [2.75, 3.05) is 0 Å². The highest BCUT2D eigenvalue weighted by molar-refractivity contribution is 5.25. The van der Waals surface area contributed by atoms with Crippen LogP contribution >= 0.6 is 0 Å². The van der Waals surface area contributed by atoms with E-state index in [9.17, 15) is 5.26 Å². The van der Waals surface area contributed by atoms with Crippen LogP contribution in [0.15, 0.2) is 11.6 Å². The van der Waals surface area contributed by atoms with Crippen LogP contribution in [0, 0.1) is 46.3 Å². The quantitative estimate of drug-likeness (QED) is 0.562. The third kappa shape index (κ3) is 1.66. The van der Waals surface area contributed by atoms with E-state index in [2.05, 4.69) is 19.1 Å². The van der Waals surface area contributed by atoms with E-state index in [-0.39, 0.29) is 0 Å². The molecule has 0 amide bonds. The monoisotopic (exact) mass is 269 g/mol. The van der Waals surface area contributed by atoms with Crippen LogP contribution in [-0.4, -0.2) is 0 Å². The Morgan fingerprint density at radius 3 is 2.75 bits per heavy atom. The van der Waals surface area contributed by atoms with Gasteiger partial charge in [-0.1, -0.05) is 31.4 Å². The van der Waals surface area contributed by atoms with Gasteiger partial charge in [-0.3, -0.25) is 0 Å². The molecule has 108 valence electrons. The van der Waals surface area contributed by atoms with E-state index in [4.69, 9.17) is 0 Å². The van der Waals surface area contributed by atoms with Gasteiger partial charge in [0.2, 0.25) is 0 Å². The Bertz CT molecular complexity index is 471. The fourth-order valence-electron chi connectivity index (χ4n) is 6.33. The van der Waals surface area contributed by atoms with Crippen molar-refractivity contribution in [3.8, 4) is 6.07 Å². The first-order valence-corrected chi connectivity index (χ1v) is 8.83. The van der Waals surface area contributed by atoms with Gasteiger partial charge < -0.3 is 0 Å². The number of nitriles is 1. The molecule has 0 aromatic rings. The molecule has 1 unspecified atom stereocenters. The predicted octanol–water partition coefficient (Wildman–Crippen LogP) is 5.09. The van der Waals surface area contributed by atoms with Crippen LogP contribution in [0.3, 0.4) is 0 Å². The van der Waals surface area contributed by atoms with Gasteiger partial charge in [-0.15, -0.1) is 0 Å². The summed E-state index contributed by atoms with van der Waals surface area (Å²) in [5.74, 6) is 3.90. The molecule has 0 bridgehead atoms. The Hall–Kier alpha value is -0.770. The third-order valence-electron chi connectivity index (χ3n) is 7.44. The van der Waals surface area contributed by atoms with Crippen molar-refractivity contribution in [3.63, 3.8) is 0 Å². The molecule has 6 atom stereocenters. The second-order valence-corrected chi connectivity index (χ2v) is 8.11. The van der Waals surface area contributed by atoms with E-state index in [1.807, 2.05) is 5.57 Å². The Morgan fingerprint density at radius 2 is 1.90 bits per heavy atom. The largest absolute Gasteiger partial charge is 0.198 e. The summed E-state index contributed by atoms with van der Waals surface area (Å²) in [5, 5.41) is 9.48. The van der Waals surface area contributed by atoms with Crippen LogP contribution in [0.4, 0.5) is 0 Å². The van der Waals surface area contributed by atoms with E-state index in [0.717, 1.165) is 30.1 Å². The Balaban J connectivity index is 1.67. The van der Waals surface area contributed by atoms with Crippen molar-refractivity contribution in [2.24, 2.45) is 35.0 Å². The minimum atomic E-state index is 0.296. The summed E-state index contributed by atoms with van der Waals surface area (Å²) in [4.78, 5) is 0. The molecule has 3 saturated carbocycles. The molecule has 3 fully saturated rings. The van der Waals surface area contributed by atoms with Crippen molar-refractivity contribution < 1.29 is 0 Å². The van der Waals surface area contributed by atoms with Gasteiger partial charge in [-0.2, -0.15) is 5.26 Å². The molecule has 0 spiro atoms. The van der Waals surface area contributed by atoms with E-state index in [0.29, 0.717) is 11.3 Å². The zero-order chi connectivity index (χ0) is 13.7. The van der Waals surface area contributed by atoms with Crippen LogP contribution < -0.4 is 0 Å². The fraction of sp³-hybridized carbons (Fsp3) is 0.842. The predicted molar refractivity (Wildman–Crippen MR) is 80.8 cm³/mol. The summed E-state index contributed by atoms with van der Waals surface area (Å²) in [7, 11) is 0. The van der Waals surface area contributed by atoms with Crippen LogP contribution in [-0.2, 0) is 0 Å². The maximum absolute atomic E-state index is 9.48. The minimum Gasteiger partial charge on any atom is -0.198 e. The molecule has 0 aliphatic heterocycles. The lowest BCUT2D eigenvalue weighted by molar-refractivity contribution is 0.0803. The van der Waals surface area contributed by atoms with E-state index in [1.54, 1.807) is 0 Å². The standard InChI is InChI=1S/C19H27N/c1-19-11-10-16-15-5-3-2-4-13(15)6-8-17(16)18(19)9-7-14(19)12-20/h10,13-15,17-18H,2-9,11H2,1H3/t13?,14-,15-,17+,18-,19+/m0/s1. The first-order chi connectivity index (χ1) is 9.74. The Labute approximate surface area is 123 Å². The number of rotatable bonds is 0. The summed E-state index contributed by atoms with van der Waals surface area (Å²) >= 11 is 0. The van der Waals surface area contributed by atoms with Crippen LogP contribution in [0.25, 0.3) is 0 Å². The number of allylic oxidation sites excluding steroid dienone is 2. The maximum Gasteiger partial charge on any atom is 0.0661 e. The van der Waals surface area contributed by atoms with Gasteiger partial charge in [0, 0.05) is 0 Å². The number of nitrogens with zero attached hydrogens (tertiary/aromatic N) is 1. The molecule has 4 aliphatic rings. The number of hydrogen-bond acceptors (Lipinski definition) is 1. The molecule has 20 heavy (non-hydrogen) atoms. The molecule has 4 rings (SSSR count). The average Bonchev–Trinajstić information content (AvgIpc) is 2.83. The molecule has 0 heterocycles. The van der Waals surface area contributed by atoms with Crippen LogP contribution in [0.1, 0.15) is 64.7 Å². The molecular formula is C19H27N. The summed E-state index contributed by atoms with van der Waals surface area (Å²) < 4.78 is 0. The van der Waals surface area contributed by atoms with Gasteiger partial charge in [0.25, 0.3) is 0 Å². The van der Waals surface area contributed by atoms with Gasteiger partial charge in [0.05, 0.1) is 12.0 Å². The van der Waals surface area contributed by atoms with Crippen LogP contribution in [0.5, 0.6) is 0 Å². The Morgan fingerprint density at radius 1 is 1.05 bits per heavy atom. The molecule has 1 nitrogen and oxygen atoms in total. The van der Waals surface area contributed by atoms with E-state index >= 15 is 0 Å². The van der Waals surface area contributed by atoms with Crippen molar-refractivity contribution >= 4 is 0 Å². The lowest BCUT2D eigenvalue weighted by Gasteiger charge is -2.50. The average molecular weight is 269 g/mol. The lowest BCUT2D eigenvalue weighted by atomic mass is 9.54. The Kier molecular flexibility index (Phi) is 2.99. The molecule has 0 aromatic heterocycles. The topological polar surface area (TPSA) is 23.8 Å². The van der Waals surface area contributed by atoms with Crippen LogP contribution in [0.2, 0.25) is 0 Å². The minimum absolute atomic E-state index is 0.296. The first kappa shape index (κ1) is 12.9. The smallest absolute Gasteiger partial charge is 0.0661 e. The first-order valence-electron chi connectivity index (χ1n) is 8.83. The highest BCUT2D eigenvalue weighted by Gasteiger charge is 2.54.